The molecule has 0 bridgehead atoms. The number of hydrogen-bond acceptors (Lipinski definition) is 4. The maximum absolute atomic E-state index is 12.6. The largest absolute Gasteiger partial charge is 0.484 e. The van der Waals surface area contributed by atoms with Gasteiger partial charge in [-0.3, -0.25) is 9.59 Å². The number of carbonyl (C=O) groups is 2. The smallest absolute Gasteiger partial charge is 0.416 e. The van der Waals surface area contributed by atoms with E-state index < -0.39 is 17.8 Å². The van der Waals surface area contributed by atoms with Crippen molar-refractivity contribution < 1.29 is 32.2 Å². The van der Waals surface area contributed by atoms with Crippen LogP contribution < -0.4 is 15.4 Å². The summed E-state index contributed by atoms with van der Waals surface area (Å²) in [6.45, 7) is 0.110. The predicted octanol–water partition coefficient (Wildman–Crippen LogP) is 3.72. The Labute approximate surface area is 188 Å². The van der Waals surface area contributed by atoms with Crippen LogP contribution in [-0.2, 0) is 27.0 Å². The molecule has 2 amide bonds. The molecule has 0 radical (unpaired) electrons. The highest BCUT2D eigenvalue weighted by Crippen LogP contribution is 2.29. The average molecular weight is 471 g/mol. The SMILES string of the molecule is O=C(COc1ccc(Cl)cc1)N[C@H]1CC[C@H](C(=O)NCc2ccc(C(F)(F)F)cc2)OC1. The summed E-state index contributed by atoms with van der Waals surface area (Å²) in [4.78, 5) is 24.3. The summed E-state index contributed by atoms with van der Waals surface area (Å²) in [6, 6.07) is 11.0. The summed E-state index contributed by atoms with van der Waals surface area (Å²) in [6.07, 6.45) is -4.12. The van der Waals surface area contributed by atoms with Gasteiger partial charge in [0.2, 0.25) is 5.91 Å². The number of carbonyl (C=O) groups excluding carboxylic acids is 2. The highest BCUT2D eigenvalue weighted by Gasteiger charge is 2.30. The standard InChI is InChI=1S/C22H22ClF3N2O4/c23-16-5-8-18(9-6-16)31-13-20(29)28-17-7-10-19(32-12-17)21(30)27-11-14-1-3-15(4-2-14)22(24,25)26/h1-6,8-9,17,19H,7,10-13H2,(H,27,30)(H,28,29)/t17-,19+/m0/s1. The summed E-state index contributed by atoms with van der Waals surface area (Å²) in [5.41, 5.74) is -0.192. The number of benzene rings is 2. The maximum atomic E-state index is 12.6. The molecule has 1 heterocycles. The highest BCUT2D eigenvalue weighted by molar-refractivity contribution is 6.30. The molecule has 1 aliphatic heterocycles. The normalized spacial score (nSPS) is 18.6. The number of rotatable bonds is 7. The van der Waals surface area contributed by atoms with Gasteiger partial charge in [0.1, 0.15) is 11.9 Å². The van der Waals surface area contributed by atoms with Crippen LogP contribution >= 0.6 is 11.6 Å². The van der Waals surface area contributed by atoms with Crippen molar-refractivity contribution in [3.8, 4) is 5.75 Å². The van der Waals surface area contributed by atoms with E-state index in [4.69, 9.17) is 21.1 Å². The fourth-order valence-corrected chi connectivity index (χ4v) is 3.26. The van der Waals surface area contributed by atoms with Crippen molar-refractivity contribution in [2.45, 2.75) is 37.7 Å². The van der Waals surface area contributed by atoms with Crippen molar-refractivity contribution in [3.63, 3.8) is 0 Å². The first-order valence-electron chi connectivity index (χ1n) is 9.94. The van der Waals surface area contributed by atoms with Gasteiger partial charge in [0.15, 0.2) is 6.61 Å². The first-order chi connectivity index (χ1) is 15.2. The number of nitrogens with one attached hydrogen (secondary N) is 2. The number of hydrogen-bond donors (Lipinski definition) is 2. The zero-order chi connectivity index (χ0) is 23.1. The number of amides is 2. The molecule has 0 aromatic heterocycles. The van der Waals surface area contributed by atoms with Gasteiger partial charge in [-0.1, -0.05) is 23.7 Å². The molecule has 2 atom stereocenters. The van der Waals surface area contributed by atoms with Gasteiger partial charge >= 0.3 is 6.18 Å². The molecule has 1 saturated heterocycles. The van der Waals surface area contributed by atoms with Gasteiger partial charge in [-0.05, 0) is 54.8 Å². The van der Waals surface area contributed by atoms with E-state index in [1.807, 2.05) is 0 Å². The fraction of sp³-hybridized carbons (Fsp3) is 0.364. The van der Waals surface area contributed by atoms with E-state index in [-0.39, 0.29) is 37.6 Å². The van der Waals surface area contributed by atoms with Gasteiger partial charge in [0, 0.05) is 11.6 Å². The summed E-state index contributed by atoms with van der Waals surface area (Å²) in [7, 11) is 0. The third-order valence-corrected chi connectivity index (χ3v) is 5.12. The first-order valence-corrected chi connectivity index (χ1v) is 10.3. The molecule has 2 aromatic carbocycles. The minimum Gasteiger partial charge on any atom is -0.484 e. The van der Waals surface area contributed by atoms with Gasteiger partial charge in [-0.15, -0.1) is 0 Å². The quantitative estimate of drug-likeness (QED) is 0.646. The summed E-state index contributed by atoms with van der Waals surface area (Å²) >= 11 is 5.79. The third kappa shape index (κ3) is 7.13. The molecule has 32 heavy (non-hydrogen) atoms. The fourth-order valence-electron chi connectivity index (χ4n) is 3.14. The van der Waals surface area contributed by atoms with E-state index in [2.05, 4.69) is 10.6 Å². The van der Waals surface area contributed by atoms with E-state index in [9.17, 15) is 22.8 Å². The van der Waals surface area contributed by atoms with Crippen molar-refractivity contribution in [1.82, 2.24) is 10.6 Å². The molecule has 1 fully saturated rings. The van der Waals surface area contributed by atoms with Crippen molar-refractivity contribution in [1.29, 1.82) is 0 Å². The summed E-state index contributed by atoms with van der Waals surface area (Å²) in [5, 5.41) is 6.03. The lowest BCUT2D eigenvalue weighted by Gasteiger charge is -2.28. The van der Waals surface area contributed by atoms with Crippen LogP contribution in [0.4, 0.5) is 13.2 Å². The molecular formula is C22H22ClF3N2O4. The summed E-state index contributed by atoms with van der Waals surface area (Å²) < 4.78 is 48.7. The van der Waals surface area contributed by atoms with Gasteiger partial charge < -0.3 is 20.1 Å². The molecule has 0 unspecified atom stereocenters. The second-order valence-corrected chi connectivity index (χ2v) is 7.76. The van der Waals surface area contributed by atoms with Crippen LogP contribution in [0.25, 0.3) is 0 Å². The molecule has 0 spiro atoms. The minimum atomic E-state index is -4.40. The Balaban J connectivity index is 1.36. The molecule has 172 valence electrons. The van der Waals surface area contributed by atoms with Crippen LogP contribution in [0.3, 0.4) is 0 Å². The monoisotopic (exact) mass is 470 g/mol. The van der Waals surface area contributed by atoms with Crippen molar-refractivity contribution in [3.05, 3.63) is 64.7 Å². The van der Waals surface area contributed by atoms with Crippen LogP contribution in [-0.4, -0.2) is 37.2 Å². The van der Waals surface area contributed by atoms with Gasteiger partial charge in [-0.25, -0.2) is 0 Å². The van der Waals surface area contributed by atoms with Crippen molar-refractivity contribution >= 4 is 23.4 Å². The summed E-state index contributed by atoms with van der Waals surface area (Å²) in [5.74, 6) is -0.131. The molecule has 0 saturated carbocycles. The molecule has 3 rings (SSSR count). The maximum Gasteiger partial charge on any atom is 0.416 e. The van der Waals surface area contributed by atoms with Gasteiger partial charge in [0.25, 0.3) is 5.91 Å². The second-order valence-electron chi connectivity index (χ2n) is 7.32. The minimum absolute atomic E-state index is 0.0963. The lowest BCUT2D eigenvalue weighted by Crippen LogP contribution is -2.48. The second kappa shape index (κ2) is 10.7. The van der Waals surface area contributed by atoms with E-state index in [1.54, 1.807) is 24.3 Å². The molecule has 10 heteroatoms. The Bertz CT molecular complexity index is 912. The average Bonchev–Trinajstić information content (AvgIpc) is 2.77. The number of halogens is 4. The topological polar surface area (TPSA) is 76.7 Å². The van der Waals surface area contributed by atoms with Crippen LogP contribution in [0.1, 0.15) is 24.0 Å². The molecular weight excluding hydrogens is 449 g/mol. The lowest BCUT2D eigenvalue weighted by molar-refractivity contribution is -0.138. The lowest BCUT2D eigenvalue weighted by atomic mass is 10.0. The Morgan fingerprint density at radius 3 is 2.34 bits per heavy atom. The van der Waals surface area contributed by atoms with Crippen LogP contribution in [0, 0.1) is 0 Å². The van der Waals surface area contributed by atoms with Gasteiger partial charge in [-0.2, -0.15) is 13.2 Å². The van der Waals surface area contributed by atoms with Crippen molar-refractivity contribution in [2.75, 3.05) is 13.2 Å². The Hall–Kier alpha value is -2.78. The van der Waals surface area contributed by atoms with Gasteiger partial charge in [0.05, 0.1) is 18.2 Å². The molecule has 6 nitrogen and oxygen atoms in total. The number of ether oxygens (including phenoxy) is 2. The Morgan fingerprint density at radius 1 is 1.06 bits per heavy atom. The van der Waals surface area contributed by atoms with Crippen LogP contribution in [0.15, 0.2) is 48.5 Å². The van der Waals surface area contributed by atoms with E-state index in [0.717, 1.165) is 12.1 Å². The zero-order valence-corrected chi connectivity index (χ0v) is 17.7. The molecule has 0 aliphatic carbocycles. The highest BCUT2D eigenvalue weighted by atomic mass is 35.5. The van der Waals surface area contributed by atoms with Crippen LogP contribution in [0.5, 0.6) is 5.75 Å². The predicted molar refractivity (Wildman–Crippen MR) is 111 cm³/mol. The number of alkyl halides is 3. The van der Waals surface area contributed by atoms with E-state index in [1.165, 1.54) is 12.1 Å². The molecule has 2 N–H and O–H groups in total. The van der Waals surface area contributed by atoms with E-state index >= 15 is 0 Å². The zero-order valence-electron chi connectivity index (χ0n) is 17.0. The van der Waals surface area contributed by atoms with Crippen LogP contribution in [0.2, 0.25) is 5.02 Å². The molecule has 2 aromatic rings. The molecule has 1 aliphatic rings. The van der Waals surface area contributed by atoms with Crippen molar-refractivity contribution in [2.24, 2.45) is 0 Å². The Kier molecular flexibility index (Phi) is 7.98. The van der Waals surface area contributed by atoms with E-state index in [0.29, 0.717) is 29.2 Å². The third-order valence-electron chi connectivity index (χ3n) is 4.87. The Morgan fingerprint density at radius 2 is 1.75 bits per heavy atom. The first kappa shape index (κ1) is 23.9.